The summed E-state index contributed by atoms with van der Waals surface area (Å²) in [5, 5.41) is 9.14. The normalized spacial score (nSPS) is 13.5. The van der Waals surface area contributed by atoms with Gasteiger partial charge in [-0.3, -0.25) is 4.40 Å². The molecule has 2 aromatic heterocycles. The van der Waals surface area contributed by atoms with Gasteiger partial charge in [-0.2, -0.15) is 0 Å². The van der Waals surface area contributed by atoms with Crippen molar-refractivity contribution in [2.45, 2.75) is 6.92 Å². The lowest BCUT2D eigenvalue weighted by atomic mass is 10.1. The van der Waals surface area contributed by atoms with Crippen molar-refractivity contribution in [1.29, 1.82) is 0 Å². The Balaban J connectivity index is 1.79. The molecule has 7 heteroatoms. The Hall–Kier alpha value is -2.54. The number of ether oxygens (including phenoxy) is 2. The molecule has 0 fully saturated rings. The number of aromatic nitrogens is 2. The smallest absolute Gasteiger partial charge is 0.347 e. The number of carboxylic acid groups (broad SMARTS) is 1. The molecule has 0 unspecified atom stereocenters. The topological polar surface area (TPSA) is 73.1 Å². The Morgan fingerprint density at radius 1 is 1.32 bits per heavy atom. The maximum Gasteiger partial charge on any atom is 0.347 e. The Morgan fingerprint density at radius 3 is 2.82 bits per heavy atom. The van der Waals surface area contributed by atoms with Crippen molar-refractivity contribution in [1.82, 2.24) is 9.38 Å². The van der Waals surface area contributed by atoms with Crippen molar-refractivity contribution in [2.24, 2.45) is 0 Å². The molecule has 3 heterocycles. The average molecular weight is 316 g/mol. The Labute approximate surface area is 129 Å². The van der Waals surface area contributed by atoms with E-state index >= 15 is 0 Å². The van der Waals surface area contributed by atoms with E-state index in [0.29, 0.717) is 34.5 Å². The van der Waals surface area contributed by atoms with Gasteiger partial charge in [0.1, 0.15) is 18.1 Å². The predicted molar refractivity (Wildman–Crippen MR) is 81.2 cm³/mol. The monoisotopic (exact) mass is 316 g/mol. The van der Waals surface area contributed by atoms with E-state index in [1.807, 2.05) is 24.4 Å². The van der Waals surface area contributed by atoms with Gasteiger partial charge in [-0.15, -0.1) is 0 Å². The first-order chi connectivity index (χ1) is 10.6. The van der Waals surface area contributed by atoms with Gasteiger partial charge in [-0.25, -0.2) is 9.78 Å². The van der Waals surface area contributed by atoms with Crippen LogP contribution < -0.4 is 9.47 Å². The van der Waals surface area contributed by atoms with Gasteiger partial charge in [-0.05, 0) is 25.1 Å². The molecule has 1 aliphatic heterocycles. The van der Waals surface area contributed by atoms with Gasteiger partial charge in [0.05, 0.1) is 5.69 Å². The lowest BCUT2D eigenvalue weighted by Gasteiger charge is -2.18. The second kappa shape index (κ2) is 4.74. The fourth-order valence-corrected chi connectivity index (χ4v) is 3.44. The molecule has 22 heavy (non-hydrogen) atoms. The summed E-state index contributed by atoms with van der Waals surface area (Å²) in [6.45, 7) is 2.88. The molecule has 0 atom stereocenters. The van der Waals surface area contributed by atoms with Crippen LogP contribution in [0.25, 0.3) is 16.2 Å². The number of rotatable bonds is 2. The number of carboxylic acids is 1. The van der Waals surface area contributed by atoms with Gasteiger partial charge in [0.15, 0.2) is 16.5 Å². The molecule has 0 bridgehead atoms. The number of benzene rings is 1. The quantitative estimate of drug-likeness (QED) is 0.787. The van der Waals surface area contributed by atoms with E-state index in [1.165, 1.54) is 11.3 Å². The van der Waals surface area contributed by atoms with E-state index in [0.717, 1.165) is 17.0 Å². The third kappa shape index (κ3) is 1.93. The number of nitrogens with zero attached hydrogens (tertiary/aromatic N) is 2. The second-order valence-electron chi connectivity index (χ2n) is 4.96. The summed E-state index contributed by atoms with van der Waals surface area (Å²) < 4.78 is 12.9. The van der Waals surface area contributed by atoms with Crippen LogP contribution in [0.4, 0.5) is 0 Å². The van der Waals surface area contributed by atoms with Crippen LogP contribution >= 0.6 is 11.3 Å². The molecule has 1 aromatic carbocycles. The highest BCUT2D eigenvalue weighted by Gasteiger charge is 2.18. The lowest BCUT2D eigenvalue weighted by molar-refractivity contribution is 0.0701. The summed E-state index contributed by atoms with van der Waals surface area (Å²) in [6.07, 6.45) is 1.85. The van der Waals surface area contributed by atoms with Crippen LogP contribution in [0.5, 0.6) is 11.5 Å². The van der Waals surface area contributed by atoms with Crippen molar-refractivity contribution in [3.8, 4) is 22.8 Å². The standard InChI is InChI=1S/C15H12N2O4S/c1-8-13(14(18)19)22-15-16-10(7-17(8)15)9-2-3-11-12(6-9)21-5-4-20-11/h2-3,6-7H,4-5H2,1H3,(H,18,19). The molecule has 1 aliphatic rings. The van der Waals surface area contributed by atoms with Gasteiger partial charge < -0.3 is 14.6 Å². The van der Waals surface area contributed by atoms with Gasteiger partial charge in [0.2, 0.25) is 0 Å². The molecule has 4 rings (SSSR count). The molecule has 112 valence electrons. The van der Waals surface area contributed by atoms with Gasteiger partial charge in [0, 0.05) is 17.5 Å². The van der Waals surface area contributed by atoms with Crippen molar-refractivity contribution in [3.05, 3.63) is 35.0 Å². The summed E-state index contributed by atoms with van der Waals surface area (Å²) in [5.74, 6) is 0.525. The number of carbonyl (C=O) groups is 1. The number of hydrogen-bond donors (Lipinski definition) is 1. The minimum Gasteiger partial charge on any atom is -0.486 e. The minimum atomic E-state index is -0.922. The summed E-state index contributed by atoms with van der Waals surface area (Å²) in [5.41, 5.74) is 2.38. The highest BCUT2D eigenvalue weighted by Crippen LogP contribution is 2.35. The first-order valence-electron chi connectivity index (χ1n) is 6.75. The van der Waals surface area contributed by atoms with Crippen molar-refractivity contribution >= 4 is 22.3 Å². The molecule has 1 N–H and O–H groups in total. The van der Waals surface area contributed by atoms with Crippen LogP contribution in [0.3, 0.4) is 0 Å². The second-order valence-corrected chi connectivity index (χ2v) is 5.94. The van der Waals surface area contributed by atoms with E-state index in [2.05, 4.69) is 4.98 Å². The fourth-order valence-electron chi connectivity index (χ4n) is 2.49. The largest absolute Gasteiger partial charge is 0.486 e. The Bertz CT molecular complexity index is 896. The molecule has 0 amide bonds. The van der Waals surface area contributed by atoms with E-state index in [9.17, 15) is 4.79 Å². The number of fused-ring (bicyclic) bond motifs is 2. The first-order valence-corrected chi connectivity index (χ1v) is 7.57. The molecule has 6 nitrogen and oxygen atoms in total. The zero-order valence-corrected chi connectivity index (χ0v) is 12.5. The lowest BCUT2D eigenvalue weighted by Crippen LogP contribution is -2.15. The highest BCUT2D eigenvalue weighted by atomic mass is 32.1. The fraction of sp³-hybridized carbons (Fsp3) is 0.200. The summed E-state index contributed by atoms with van der Waals surface area (Å²) >= 11 is 1.17. The summed E-state index contributed by atoms with van der Waals surface area (Å²) in [4.78, 5) is 16.6. The SMILES string of the molecule is Cc1c(C(=O)O)sc2nc(-c3ccc4c(c3)OCCO4)cn12. The van der Waals surface area contributed by atoms with Crippen LogP contribution in [0.2, 0.25) is 0 Å². The van der Waals surface area contributed by atoms with Gasteiger partial charge in [0.25, 0.3) is 0 Å². The number of aryl methyl sites for hydroxylation is 1. The number of thiazole rings is 1. The van der Waals surface area contributed by atoms with E-state index in [-0.39, 0.29) is 0 Å². The number of hydrogen-bond acceptors (Lipinski definition) is 5. The van der Waals surface area contributed by atoms with Gasteiger partial charge in [-0.1, -0.05) is 11.3 Å². The zero-order valence-electron chi connectivity index (χ0n) is 11.7. The van der Waals surface area contributed by atoms with Crippen LogP contribution in [0, 0.1) is 6.92 Å². The molecular formula is C15H12N2O4S. The van der Waals surface area contributed by atoms with Crippen LogP contribution in [0.15, 0.2) is 24.4 Å². The average Bonchev–Trinajstić information content (AvgIpc) is 3.07. The maximum absolute atomic E-state index is 11.1. The number of aromatic carboxylic acids is 1. The van der Waals surface area contributed by atoms with Crippen molar-refractivity contribution in [2.75, 3.05) is 13.2 Å². The van der Waals surface area contributed by atoms with E-state index in [1.54, 1.807) is 11.3 Å². The predicted octanol–water partition coefficient (Wildman–Crippen LogP) is 2.84. The number of imidazole rings is 1. The maximum atomic E-state index is 11.1. The van der Waals surface area contributed by atoms with E-state index in [4.69, 9.17) is 14.6 Å². The van der Waals surface area contributed by atoms with Gasteiger partial charge >= 0.3 is 5.97 Å². The molecular weight excluding hydrogens is 304 g/mol. The molecule has 0 aliphatic carbocycles. The molecule has 0 radical (unpaired) electrons. The minimum absolute atomic E-state index is 0.316. The van der Waals surface area contributed by atoms with Crippen LogP contribution in [0.1, 0.15) is 15.4 Å². The van der Waals surface area contributed by atoms with Crippen LogP contribution in [-0.4, -0.2) is 33.7 Å². The third-order valence-electron chi connectivity index (χ3n) is 3.59. The first kappa shape index (κ1) is 13.1. The zero-order chi connectivity index (χ0) is 15.3. The van der Waals surface area contributed by atoms with Crippen LogP contribution in [-0.2, 0) is 0 Å². The Morgan fingerprint density at radius 2 is 2.09 bits per heavy atom. The summed E-state index contributed by atoms with van der Waals surface area (Å²) in [7, 11) is 0. The van der Waals surface area contributed by atoms with Crippen molar-refractivity contribution in [3.63, 3.8) is 0 Å². The van der Waals surface area contributed by atoms with Crippen molar-refractivity contribution < 1.29 is 19.4 Å². The Kier molecular flexibility index (Phi) is 2.83. The highest BCUT2D eigenvalue weighted by molar-refractivity contribution is 7.19. The third-order valence-corrected chi connectivity index (χ3v) is 4.73. The molecule has 0 saturated carbocycles. The summed E-state index contributed by atoms with van der Waals surface area (Å²) in [6, 6.07) is 5.69. The molecule has 0 saturated heterocycles. The molecule has 3 aromatic rings. The molecule has 0 spiro atoms. The van der Waals surface area contributed by atoms with E-state index < -0.39 is 5.97 Å².